The van der Waals surface area contributed by atoms with E-state index in [-0.39, 0.29) is 5.75 Å². The van der Waals surface area contributed by atoms with E-state index in [9.17, 15) is 9.50 Å². The number of hydrogen-bond acceptors (Lipinski definition) is 2. The standard InChI is InChI=1S/C12H16FNO/c1-8-6-12(15)11(13)7-10(8)9-2-4-14-5-3-9/h6-7,9,14-15H,2-5H2,1H3. The molecule has 0 aromatic heterocycles. The third-order valence-electron chi connectivity index (χ3n) is 3.11. The van der Waals surface area contributed by atoms with E-state index in [1.807, 2.05) is 6.92 Å². The minimum absolute atomic E-state index is 0.245. The van der Waals surface area contributed by atoms with Crippen LogP contribution in [-0.2, 0) is 0 Å². The molecule has 15 heavy (non-hydrogen) atoms. The van der Waals surface area contributed by atoms with Crippen molar-refractivity contribution in [2.45, 2.75) is 25.7 Å². The van der Waals surface area contributed by atoms with Crippen molar-refractivity contribution >= 4 is 0 Å². The molecule has 0 atom stereocenters. The first-order chi connectivity index (χ1) is 7.18. The second-order valence-corrected chi connectivity index (χ2v) is 4.18. The van der Waals surface area contributed by atoms with Crippen LogP contribution in [-0.4, -0.2) is 18.2 Å². The molecule has 1 saturated heterocycles. The van der Waals surface area contributed by atoms with Gasteiger partial charge in [-0.25, -0.2) is 4.39 Å². The fourth-order valence-corrected chi connectivity index (χ4v) is 2.25. The second-order valence-electron chi connectivity index (χ2n) is 4.18. The SMILES string of the molecule is Cc1cc(O)c(F)cc1C1CCNCC1. The zero-order chi connectivity index (χ0) is 10.8. The summed E-state index contributed by atoms with van der Waals surface area (Å²) in [7, 11) is 0. The Hall–Kier alpha value is -1.09. The summed E-state index contributed by atoms with van der Waals surface area (Å²) in [5.41, 5.74) is 2.03. The Bertz CT molecular complexity index is 359. The van der Waals surface area contributed by atoms with Crippen molar-refractivity contribution in [3.63, 3.8) is 0 Å². The number of nitrogens with one attached hydrogen (secondary N) is 1. The normalized spacial score (nSPS) is 18.0. The number of aryl methyl sites for hydroxylation is 1. The molecule has 1 aromatic carbocycles. The monoisotopic (exact) mass is 209 g/mol. The molecule has 1 aliphatic heterocycles. The summed E-state index contributed by atoms with van der Waals surface area (Å²) in [6.07, 6.45) is 2.09. The highest BCUT2D eigenvalue weighted by molar-refractivity contribution is 5.37. The molecule has 2 rings (SSSR count). The number of rotatable bonds is 1. The molecule has 1 fully saturated rings. The van der Waals surface area contributed by atoms with Crippen LogP contribution >= 0.6 is 0 Å². The van der Waals surface area contributed by atoms with E-state index in [0.717, 1.165) is 37.1 Å². The molecule has 2 nitrogen and oxygen atoms in total. The highest BCUT2D eigenvalue weighted by Gasteiger charge is 2.18. The number of hydrogen-bond donors (Lipinski definition) is 2. The quantitative estimate of drug-likeness (QED) is 0.744. The minimum atomic E-state index is -0.505. The number of phenols is 1. The molecule has 1 heterocycles. The van der Waals surface area contributed by atoms with Crippen molar-refractivity contribution in [3.8, 4) is 5.75 Å². The second kappa shape index (κ2) is 4.19. The zero-order valence-corrected chi connectivity index (χ0v) is 8.89. The number of halogens is 1. The van der Waals surface area contributed by atoms with Crippen molar-refractivity contribution in [3.05, 3.63) is 29.1 Å². The average molecular weight is 209 g/mol. The average Bonchev–Trinajstić information content (AvgIpc) is 2.25. The third-order valence-corrected chi connectivity index (χ3v) is 3.11. The molecule has 0 spiro atoms. The molecule has 1 aliphatic rings. The summed E-state index contributed by atoms with van der Waals surface area (Å²) in [4.78, 5) is 0. The van der Waals surface area contributed by atoms with Crippen LogP contribution in [0.4, 0.5) is 4.39 Å². The molecule has 2 N–H and O–H groups in total. The fraction of sp³-hybridized carbons (Fsp3) is 0.500. The van der Waals surface area contributed by atoms with Gasteiger partial charge in [0, 0.05) is 0 Å². The molecular weight excluding hydrogens is 193 g/mol. The van der Waals surface area contributed by atoms with Crippen LogP contribution < -0.4 is 5.32 Å². The largest absolute Gasteiger partial charge is 0.505 e. The van der Waals surface area contributed by atoms with E-state index in [4.69, 9.17) is 0 Å². The predicted octanol–water partition coefficient (Wildman–Crippen LogP) is 2.31. The van der Waals surface area contributed by atoms with Crippen LogP contribution in [0.5, 0.6) is 5.75 Å². The van der Waals surface area contributed by atoms with Crippen LogP contribution in [0.25, 0.3) is 0 Å². The first-order valence-corrected chi connectivity index (χ1v) is 5.38. The van der Waals surface area contributed by atoms with E-state index in [0.29, 0.717) is 5.92 Å². The maximum atomic E-state index is 13.2. The van der Waals surface area contributed by atoms with E-state index in [1.165, 1.54) is 12.1 Å². The first kappa shape index (κ1) is 10.4. The van der Waals surface area contributed by atoms with Gasteiger partial charge in [0.05, 0.1) is 0 Å². The van der Waals surface area contributed by atoms with Crippen LogP contribution in [0.1, 0.15) is 29.9 Å². The zero-order valence-electron chi connectivity index (χ0n) is 8.89. The highest BCUT2D eigenvalue weighted by atomic mass is 19.1. The van der Waals surface area contributed by atoms with Crippen molar-refractivity contribution in [2.24, 2.45) is 0 Å². The first-order valence-electron chi connectivity index (χ1n) is 5.38. The lowest BCUT2D eigenvalue weighted by Crippen LogP contribution is -2.27. The lowest BCUT2D eigenvalue weighted by molar-refractivity contribution is 0.425. The molecule has 0 unspecified atom stereocenters. The Morgan fingerprint density at radius 2 is 2.00 bits per heavy atom. The van der Waals surface area contributed by atoms with Crippen LogP contribution in [0, 0.1) is 12.7 Å². The van der Waals surface area contributed by atoms with Crippen LogP contribution in [0.15, 0.2) is 12.1 Å². The van der Waals surface area contributed by atoms with Crippen LogP contribution in [0.3, 0.4) is 0 Å². The lowest BCUT2D eigenvalue weighted by atomic mass is 9.87. The molecule has 0 saturated carbocycles. The van der Waals surface area contributed by atoms with Crippen molar-refractivity contribution in [1.82, 2.24) is 5.32 Å². The van der Waals surface area contributed by atoms with E-state index in [1.54, 1.807) is 0 Å². The van der Waals surface area contributed by atoms with Gasteiger partial charge >= 0.3 is 0 Å². The number of aromatic hydroxyl groups is 1. The van der Waals surface area contributed by atoms with Gasteiger partial charge in [0.2, 0.25) is 0 Å². The number of piperidine rings is 1. The van der Waals surface area contributed by atoms with E-state index in [2.05, 4.69) is 5.32 Å². The van der Waals surface area contributed by atoms with Crippen molar-refractivity contribution in [1.29, 1.82) is 0 Å². The molecule has 3 heteroatoms. The smallest absolute Gasteiger partial charge is 0.165 e. The molecule has 0 amide bonds. The van der Waals surface area contributed by atoms with Crippen molar-refractivity contribution < 1.29 is 9.50 Å². The van der Waals surface area contributed by atoms with Gasteiger partial charge in [0.25, 0.3) is 0 Å². The van der Waals surface area contributed by atoms with Gasteiger partial charge in [-0.3, -0.25) is 0 Å². The topological polar surface area (TPSA) is 32.3 Å². The molecule has 0 radical (unpaired) electrons. The molecule has 0 aliphatic carbocycles. The van der Waals surface area contributed by atoms with Gasteiger partial charge in [0.1, 0.15) is 0 Å². The summed E-state index contributed by atoms with van der Waals surface area (Å²) in [5, 5.41) is 12.5. The summed E-state index contributed by atoms with van der Waals surface area (Å²) in [6, 6.07) is 3.01. The summed E-state index contributed by atoms with van der Waals surface area (Å²) in [6.45, 7) is 3.91. The third kappa shape index (κ3) is 2.12. The number of phenolic OH excluding ortho intramolecular Hbond substituents is 1. The van der Waals surface area contributed by atoms with Gasteiger partial charge < -0.3 is 10.4 Å². The predicted molar refractivity (Wildman–Crippen MR) is 57.6 cm³/mol. The van der Waals surface area contributed by atoms with Gasteiger partial charge in [0.15, 0.2) is 11.6 Å². The van der Waals surface area contributed by atoms with Gasteiger partial charge in [-0.05, 0) is 62.0 Å². The van der Waals surface area contributed by atoms with Gasteiger partial charge in [-0.15, -0.1) is 0 Å². The Morgan fingerprint density at radius 3 is 2.67 bits per heavy atom. The Morgan fingerprint density at radius 1 is 1.33 bits per heavy atom. The lowest BCUT2D eigenvalue weighted by Gasteiger charge is -2.24. The Labute approximate surface area is 89.1 Å². The Kier molecular flexibility index (Phi) is 2.91. The Balaban J connectivity index is 2.30. The highest BCUT2D eigenvalue weighted by Crippen LogP contribution is 2.31. The van der Waals surface area contributed by atoms with Gasteiger partial charge in [-0.1, -0.05) is 0 Å². The van der Waals surface area contributed by atoms with Gasteiger partial charge in [-0.2, -0.15) is 0 Å². The minimum Gasteiger partial charge on any atom is -0.505 e. The summed E-state index contributed by atoms with van der Waals surface area (Å²) in [5.74, 6) is -0.319. The fourth-order valence-electron chi connectivity index (χ4n) is 2.25. The molecule has 1 aromatic rings. The molecule has 82 valence electrons. The van der Waals surface area contributed by atoms with Crippen molar-refractivity contribution in [2.75, 3.05) is 13.1 Å². The number of benzene rings is 1. The maximum absolute atomic E-state index is 13.2. The summed E-state index contributed by atoms with van der Waals surface area (Å²) >= 11 is 0. The molecular formula is C12H16FNO. The maximum Gasteiger partial charge on any atom is 0.165 e. The van der Waals surface area contributed by atoms with E-state index < -0.39 is 5.82 Å². The van der Waals surface area contributed by atoms with Crippen LogP contribution in [0.2, 0.25) is 0 Å². The van der Waals surface area contributed by atoms with E-state index >= 15 is 0 Å². The summed E-state index contributed by atoms with van der Waals surface area (Å²) < 4.78 is 13.2. The molecule has 0 bridgehead atoms.